The topological polar surface area (TPSA) is 26.0 Å². The Morgan fingerprint density at radius 3 is 2.82 bits per heavy atom. The van der Waals surface area contributed by atoms with Gasteiger partial charge in [0.1, 0.15) is 0 Å². The van der Waals surface area contributed by atoms with Crippen LogP contribution >= 0.6 is 0 Å². The summed E-state index contributed by atoms with van der Waals surface area (Å²) in [7, 11) is 0. The summed E-state index contributed by atoms with van der Waals surface area (Å²) >= 11 is 0. The predicted molar refractivity (Wildman–Crippen MR) is 73.7 cm³/mol. The zero-order valence-corrected chi connectivity index (χ0v) is 10.3. The molecule has 0 amide bonds. The average Bonchev–Trinajstić information content (AvgIpc) is 2.49. The molecule has 0 unspecified atom stereocenters. The van der Waals surface area contributed by atoms with Crippen LogP contribution in [-0.2, 0) is 5.41 Å². The lowest BCUT2D eigenvalue weighted by Crippen LogP contribution is -2.16. The molecule has 0 saturated heterocycles. The van der Waals surface area contributed by atoms with Gasteiger partial charge in [-0.2, -0.15) is 0 Å². The summed E-state index contributed by atoms with van der Waals surface area (Å²) in [6, 6.07) is 6.30. The Hall–Kier alpha value is -1.76. The number of rotatable bonds is 0. The molecule has 0 aromatic heterocycles. The van der Waals surface area contributed by atoms with Crippen molar-refractivity contribution in [1.29, 1.82) is 0 Å². The summed E-state index contributed by atoms with van der Waals surface area (Å²) in [5, 5.41) is 0. The van der Waals surface area contributed by atoms with E-state index in [0.717, 1.165) is 12.1 Å². The van der Waals surface area contributed by atoms with Crippen LogP contribution in [0.4, 0.5) is 5.69 Å². The van der Waals surface area contributed by atoms with E-state index in [9.17, 15) is 0 Å². The van der Waals surface area contributed by atoms with E-state index < -0.39 is 0 Å². The zero-order valence-electron chi connectivity index (χ0n) is 10.3. The lowest BCUT2D eigenvalue weighted by molar-refractivity contribution is 0.654. The molecule has 1 heteroatoms. The highest BCUT2D eigenvalue weighted by Crippen LogP contribution is 2.49. The number of nitrogens with two attached hydrogens (primary N) is 1. The Kier molecular flexibility index (Phi) is 2.06. The Labute approximate surface area is 102 Å². The maximum Gasteiger partial charge on any atom is 0.0320 e. The molecule has 0 spiro atoms. The third kappa shape index (κ3) is 1.39. The smallest absolute Gasteiger partial charge is 0.0320 e. The van der Waals surface area contributed by atoms with Gasteiger partial charge in [-0.05, 0) is 40.8 Å². The van der Waals surface area contributed by atoms with Gasteiger partial charge in [-0.25, -0.2) is 0 Å². The van der Waals surface area contributed by atoms with Crippen LogP contribution in [0.2, 0.25) is 0 Å². The molecule has 17 heavy (non-hydrogen) atoms. The second-order valence-corrected chi connectivity index (χ2v) is 5.31. The van der Waals surface area contributed by atoms with E-state index >= 15 is 0 Å². The maximum absolute atomic E-state index is 5.92. The van der Waals surface area contributed by atoms with Crippen molar-refractivity contribution in [3.63, 3.8) is 0 Å². The number of allylic oxidation sites excluding steroid dienone is 6. The number of nitrogen functional groups attached to an aromatic ring is 1. The Balaban J connectivity index is 2.29. The second kappa shape index (κ2) is 3.36. The SMILES string of the molecule is CC1(C)C2=C(CC=CC=C2)c2cc(N)ccc21. The van der Waals surface area contributed by atoms with Gasteiger partial charge >= 0.3 is 0 Å². The quantitative estimate of drug-likeness (QED) is 0.665. The minimum Gasteiger partial charge on any atom is -0.399 e. The lowest BCUT2D eigenvalue weighted by Gasteiger charge is -2.22. The van der Waals surface area contributed by atoms with E-state index in [4.69, 9.17) is 5.73 Å². The van der Waals surface area contributed by atoms with Crippen molar-refractivity contribution in [2.24, 2.45) is 0 Å². The molecule has 3 rings (SSSR count). The first-order valence-corrected chi connectivity index (χ1v) is 6.08. The average molecular weight is 223 g/mol. The van der Waals surface area contributed by atoms with Crippen LogP contribution in [0.3, 0.4) is 0 Å². The molecule has 0 radical (unpaired) electrons. The van der Waals surface area contributed by atoms with Gasteiger partial charge in [0.25, 0.3) is 0 Å². The van der Waals surface area contributed by atoms with Crippen LogP contribution in [0.5, 0.6) is 0 Å². The summed E-state index contributed by atoms with van der Waals surface area (Å²) in [4.78, 5) is 0. The first kappa shape index (κ1) is 10.4. The molecule has 2 aliphatic carbocycles. The molecule has 0 heterocycles. The first-order chi connectivity index (χ1) is 8.10. The molecule has 0 atom stereocenters. The van der Waals surface area contributed by atoms with Gasteiger partial charge in [0.05, 0.1) is 0 Å². The van der Waals surface area contributed by atoms with Crippen molar-refractivity contribution >= 4 is 11.3 Å². The molecule has 0 saturated carbocycles. The van der Waals surface area contributed by atoms with E-state index in [1.807, 2.05) is 6.07 Å². The fourth-order valence-corrected chi connectivity index (χ4v) is 2.97. The molecule has 2 N–H and O–H groups in total. The Bertz CT molecular complexity index is 571. The van der Waals surface area contributed by atoms with Crippen molar-refractivity contribution in [3.8, 4) is 0 Å². The van der Waals surface area contributed by atoms with Crippen molar-refractivity contribution < 1.29 is 0 Å². The molecular formula is C16H17N. The fourth-order valence-electron chi connectivity index (χ4n) is 2.97. The number of fused-ring (bicyclic) bond motifs is 2. The summed E-state index contributed by atoms with van der Waals surface area (Å²) < 4.78 is 0. The highest BCUT2D eigenvalue weighted by molar-refractivity contribution is 5.84. The van der Waals surface area contributed by atoms with Gasteiger partial charge in [-0.1, -0.05) is 44.2 Å². The summed E-state index contributed by atoms with van der Waals surface area (Å²) in [6.45, 7) is 4.58. The van der Waals surface area contributed by atoms with Crippen LogP contribution in [-0.4, -0.2) is 0 Å². The van der Waals surface area contributed by atoms with Gasteiger partial charge < -0.3 is 5.73 Å². The van der Waals surface area contributed by atoms with Gasteiger partial charge in [-0.3, -0.25) is 0 Å². The van der Waals surface area contributed by atoms with Gasteiger partial charge in [0.15, 0.2) is 0 Å². The van der Waals surface area contributed by atoms with Crippen molar-refractivity contribution in [2.75, 3.05) is 5.73 Å². The number of hydrogen-bond donors (Lipinski definition) is 1. The number of benzene rings is 1. The van der Waals surface area contributed by atoms with Crippen molar-refractivity contribution in [1.82, 2.24) is 0 Å². The van der Waals surface area contributed by atoms with E-state index in [-0.39, 0.29) is 5.41 Å². The highest BCUT2D eigenvalue weighted by atomic mass is 14.5. The highest BCUT2D eigenvalue weighted by Gasteiger charge is 2.35. The maximum atomic E-state index is 5.92. The van der Waals surface area contributed by atoms with Crippen LogP contribution < -0.4 is 5.73 Å². The van der Waals surface area contributed by atoms with E-state index in [1.165, 1.54) is 22.3 Å². The summed E-state index contributed by atoms with van der Waals surface area (Å²) in [5.74, 6) is 0. The summed E-state index contributed by atoms with van der Waals surface area (Å²) in [6.07, 6.45) is 9.73. The number of hydrogen-bond acceptors (Lipinski definition) is 1. The van der Waals surface area contributed by atoms with Crippen molar-refractivity contribution in [2.45, 2.75) is 25.7 Å². The van der Waals surface area contributed by atoms with Crippen LogP contribution in [0.1, 0.15) is 31.4 Å². The van der Waals surface area contributed by atoms with Gasteiger partial charge in [0.2, 0.25) is 0 Å². The van der Waals surface area contributed by atoms with Crippen LogP contribution in [0.15, 0.2) is 48.1 Å². The third-order valence-corrected chi connectivity index (χ3v) is 3.87. The molecular weight excluding hydrogens is 206 g/mol. The Morgan fingerprint density at radius 1 is 1.18 bits per heavy atom. The molecule has 1 nitrogen and oxygen atoms in total. The second-order valence-electron chi connectivity index (χ2n) is 5.31. The van der Waals surface area contributed by atoms with E-state index in [2.05, 4.69) is 50.3 Å². The minimum absolute atomic E-state index is 0.0981. The normalized spacial score (nSPS) is 20.1. The molecule has 0 aliphatic heterocycles. The molecule has 86 valence electrons. The van der Waals surface area contributed by atoms with Crippen LogP contribution in [0.25, 0.3) is 5.57 Å². The van der Waals surface area contributed by atoms with Crippen LogP contribution in [0, 0.1) is 0 Å². The standard InChI is InChI=1S/C16H17N/c1-16(2)14-7-5-3-4-6-12(14)13-10-11(17)8-9-15(13)16/h3-5,7-10H,6,17H2,1-2H3. The molecule has 2 aliphatic rings. The monoisotopic (exact) mass is 223 g/mol. The molecule has 0 fully saturated rings. The molecule has 0 bridgehead atoms. The minimum atomic E-state index is 0.0981. The van der Waals surface area contributed by atoms with E-state index in [0.29, 0.717) is 0 Å². The first-order valence-electron chi connectivity index (χ1n) is 6.08. The van der Waals surface area contributed by atoms with Gasteiger partial charge in [0, 0.05) is 11.1 Å². The predicted octanol–water partition coefficient (Wildman–Crippen LogP) is 3.83. The summed E-state index contributed by atoms with van der Waals surface area (Å²) in [5.41, 5.74) is 12.5. The van der Waals surface area contributed by atoms with Gasteiger partial charge in [-0.15, -0.1) is 0 Å². The number of anilines is 1. The van der Waals surface area contributed by atoms with Crippen molar-refractivity contribution in [3.05, 3.63) is 59.2 Å². The largest absolute Gasteiger partial charge is 0.399 e. The molecule has 1 aromatic carbocycles. The zero-order chi connectivity index (χ0) is 12.0. The third-order valence-electron chi connectivity index (χ3n) is 3.87. The fraction of sp³-hybridized carbons (Fsp3) is 0.250. The lowest BCUT2D eigenvalue weighted by atomic mass is 9.81. The molecule has 1 aromatic rings. The Morgan fingerprint density at radius 2 is 2.00 bits per heavy atom. The van der Waals surface area contributed by atoms with E-state index in [1.54, 1.807) is 0 Å².